The third kappa shape index (κ3) is 8.88. The number of phenols is 1. The van der Waals surface area contributed by atoms with Crippen molar-refractivity contribution in [1.82, 2.24) is 14.9 Å². The van der Waals surface area contributed by atoms with Crippen molar-refractivity contribution in [3.63, 3.8) is 0 Å². The van der Waals surface area contributed by atoms with E-state index in [1.165, 1.54) is 18.2 Å². The second-order valence-electron chi connectivity index (χ2n) is 16.7. The predicted octanol–water partition coefficient (Wildman–Crippen LogP) is 7.83. The fraction of sp³-hybridized carbons (Fsp3) is 0.558. The Hall–Kier alpha value is -3.97. The summed E-state index contributed by atoms with van der Waals surface area (Å²) in [6, 6.07) is 5.77. The molecule has 3 atom stereocenters. The van der Waals surface area contributed by atoms with Crippen LogP contribution in [0.15, 0.2) is 30.3 Å². The summed E-state index contributed by atoms with van der Waals surface area (Å²) < 4.78 is 50.6. The number of morpholine rings is 1. The fourth-order valence-corrected chi connectivity index (χ4v) is 8.02. The van der Waals surface area contributed by atoms with Crippen LogP contribution in [0.2, 0.25) is 0 Å². The van der Waals surface area contributed by atoms with Gasteiger partial charge in [-0.1, -0.05) is 39.8 Å². The van der Waals surface area contributed by atoms with E-state index in [9.17, 15) is 15.6 Å². The predicted molar refractivity (Wildman–Crippen MR) is 214 cm³/mol. The minimum absolute atomic E-state index is 0.0111. The number of aromatic hydroxyl groups is 1. The van der Waals surface area contributed by atoms with E-state index in [1.807, 2.05) is 11.8 Å². The van der Waals surface area contributed by atoms with Crippen molar-refractivity contribution in [2.75, 3.05) is 57.4 Å². The molecule has 3 aromatic rings. The number of aryl methyl sites for hydroxylation is 1. The molecule has 298 valence electrons. The lowest BCUT2D eigenvalue weighted by molar-refractivity contribution is -0.0741. The first-order chi connectivity index (χ1) is 26.0. The molecule has 3 fully saturated rings. The van der Waals surface area contributed by atoms with Crippen molar-refractivity contribution in [3.8, 4) is 11.8 Å². The maximum Gasteiger partial charge on any atom is 0.319 e. The van der Waals surface area contributed by atoms with Gasteiger partial charge >= 0.3 is 6.01 Å². The SMILES string of the molecule is C/C=C1\C(=N)C(c2cc(O)cc3ccc(F)c(CC)c23)=C(F)c2nc(OCC3(CN4CC(C)OC(C)C4)CC3)nc(N3CCOCC(C)(O)C3)c21.CC(C)C. The van der Waals surface area contributed by atoms with Crippen LogP contribution >= 0.6 is 0 Å². The van der Waals surface area contributed by atoms with Gasteiger partial charge in [-0.3, -0.25) is 10.3 Å². The highest BCUT2D eigenvalue weighted by Crippen LogP contribution is 2.49. The molecule has 2 saturated heterocycles. The Bertz CT molecular complexity index is 1980. The van der Waals surface area contributed by atoms with E-state index in [0.717, 1.165) is 38.4 Å². The minimum atomic E-state index is -1.22. The molecular weight excluding hydrogens is 704 g/mol. The number of nitrogens with zero attached hydrogens (tertiary/aromatic N) is 4. The molecule has 2 aliphatic heterocycles. The zero-order chi connectivity index (χ0) is 39.8. The van der Waals surface area contributed by atoms with Gasteiger partial charge in [0.25, 0.3) is 0 Å². The van der Waals surface area contributed by atoms with Crippen molar-refractivity contribution >= 4 is 39.3 Å². The number of aliphatic hydroxyl groups is 1. The summed E-state index contributed by atoms with van der Waals surface area (Å²) in [5.74, 6) is -0.222. The zero-order valence-electron chi connectivity index (χ0n) is 33.6. The second-order valence-corrected chi connectivity index (χ2v) is 16.7. The number of phenolic OH excluding ortho intramolecular Hbond substituents is 1. The summed E-state index contributed by atoms with van der Waals surface area (Å²) in [6.45, 7) is 19.7. The topological polar surface area (TPSA) is 124 Å². The first kappa shape index (κ1) is 40.7. The number of allylic oxidation sites excluding steroid dienone is 3. The molecule has 2 aliphatic carbocycles. The van der Waals surface area contributed by atoms with E-state index in [1.54, 1.807) is 26.0 Å². The molecule has 1 aromatic heterocycles. The molecule has 0 amide bonds. The molecule has 2 aromatic carbocycles. The number of hydrogen-bond acceptors (Lipinski definition) is 10. The number of ether oxygens (including phenoxy) is 3. The minimum Gasteiger partial charge on any atom is -0.508 e. The molecule has 1 saturated carbocycles. The summed E-state index contributed by atoms with van der Waals surface area (Å²) in [5.41, 5.74) is -0.395. The van der Waals surface area contributed by atoms with Crippen LogP contribution in [0.25, 0.3) is 27.7 Å². The Labute approximate surface area is 323 Å². The second kappa shape index (κ2) is 16.3. The van der Waals surface area contributed by atoms with Crippen LogP contribution < -0.4 is 9.64 Å². The highest BCUT2D eigenvalue weighted by molar-refractivity contribution is 6.50. The van der Waals surface area contributed by atoms with Gasteiger partial charge in [-0.2, -0.15) is 9.97 Å². The lowest BCUT2D eigenvalue weighted by Gasteiger charge is -2.37. The number of halogens is 2. The molecule has 0 radical (unpaired) electrons. The smallest absolute Gasteiger partial charge is 0.319 e. The first-order valence-corrected chi connectivity index (χ1v) is 19.6. The number of aromatic nitrogens is 2. The van der Waals surface area contributed by atoms with E-state index in [0.29, 0.717) is 59.5 Å². The standard InChI is InChI=1S/C39H47F2N5O5.C4H10/c1-6-26-29(40)9-8-24-14-25(47)15-28(30(24)26)31-33(41)35-32(27(7-2)34(31)42)36(46-12-13-49-20-38(5,48)18-46)44-37(43-35)50-21-39(10-11-39)19-45-16-22(3)51-23(4)17-45;1-4(2)3/h7-9,14-15,22-23,42,47-48H,6,10-13,16-21H2,1-5H3;4H,1-3H3/b27-7-,42-34?;. The van der Waals surface area contributed by atoms with Gasteiger partial charge in [0.05, 0.1) is 49.8 Å². The molecule has 3 unspecified atom stereocenters. The molecule has 55 heavy (non-hydrogen) atoms. The van der Waals surface area contributed by atoms with Gasteiger partial charge in [-0.25, -0.2) is 8.78 Å². The van der Waals surface area contributed by atoms with Crippen molar-refractivity contribution < 1.29 is 33.2 Å². The molecule has 0 spiro atoms. The van der Waals surface area contributed by atoms with Crippen molar-refractivity contribution in [2.24, 2.45) is 11.3 Å². The third-order valence-corrected chi connectivity index (χ3v) is 10.4. The summed E-state index contributed by atoms with van der Waals surface area (Å²) in [6.07, 6.45) is 4.28. The summed E-state index contributed by atoms with van der Waals surface area (Å²) in [7, 11) is 0. The van der Waals surface area contributed by atoms with Crippen LogP contribution in [0.5, 0.6) is 11.8 Å². The van der Waals surface area contributed by atoms with Crippen LogP contribution in [0.4, 0.5) is 14.6 Å². The Balaban J connectivity index is 0.00000123. The first-order valence-electron chi connectivity index (χ1n) is 19.6. The fourth-order valence-electron chi connectivity index (χ4n) is 8.02. The van der Waals surface area contributed by atoms with Crippen LogP contribution in [0.3, 0.4) is 0 Å². The highest BCUT2D eigenvalue weighted by Gasteiger charge is 2.46. The Morgan fingerprint density at radius 1 is 1.11 bits per heavy atom. The van der Waals surface area contributed by atoms with Crippen molar-refractivity contribution in [3.05, 3.63) is 58.5 Å². The average molecular weight is 762 g/mol. The molecule has 10 nitrogen and oxygen atoms in total. The molecule has 3 N–H and O–H groups in total. The van der Waals surface area contributed by atoms with Gasteiger partial charge in [-0.05, 0) is 93.0 Å². The monoisotopic (exact) mass is 761 g/mol. The molecule has 12 heteroatoms. The molecular formula is C43H57F2N5O5. The van der Waals surface area contributed by atoms with Gasteiger partial charge < -0.3 is 29.3 Å². The van der Waals surface area contributed by atoms with Gasteiger partial charge in [0.2, 0.25) is 0 Å². The molecule has 4 aliphatic rings. The highest BCUT2D eigenvalue weighted by atomic mass is 19.1. The summed E-state index contributed by atoms with van der Waals surface area (Å²) in [5, 5.41) is 32.3. The third-order valence-electron chi connectivity index (χ3n) is 10.4. The van der Waals surface area contributed by atoms with E-state index >= 15 is 8.78 Å². The lowest BCUT2D eigenvalue weighted by atomic mass is 9.82. The summed E-state index contributed by atoms with van der Waals surface area (Å²) >= 11 is 0. The van der Waals surface area contributed by atoms with E-state index in [-0.39, 0.29) is 65.1 Å². The van der Waals surface area contributed by atoms with Gasteiger partial charge in [0, 0.05) is 42.7 Å². The van der Waals surface area contributed by atoms with Crippen LogP contribution in [-0.2, 0) is 15.9 Å². The van der Waals surface area contributed by atoms with E-state index in [4.69, 9.17) is 19.2 Å². The normalized spacial score (nSPS) is 24.8. The Kier molecular flexibility index (Phi) is 12.0. The van der Waals surface area contributed by atoms with Gasteiger partial charge in [0.15, 0.2) is 5.83 Å². The quantitative estimate of drug-likeness (QED) is 0.211. The van der Waals surface area contributed by atoms with E-state index < -0.39 is 17.2 Å². The Morgan fingerprint density at radius 2 is 1.80 bits per heavy atom. The number of benzene rings is 2. The van der Waals surface area contributed by atoms with Crippen LogP contribution in [-0.4, -0.2) is 101 Å². The van der Waals surface area contributed by atoms with Crippen molar-refractivity contribution in [1.29, 1.82) is 5.41 Å². The van der Waals surface area contributed by atoms with E-state index in [2.05, 4.69) is 44.5 Å². The lowest BCUT2D eigenvalue weighted by Crippen LogP contribution is -2.48. The number of hydrogen-bond donors (Lipinski definition) is 3. The molecule has 3 heterocycles. The van der Waals surface area contributed by atoms with Crippen LogP contribution in [0, 0.1) is 22.6 Å². The van der Waals surface area contributed by atoms with Crippen molar-refractivity contribution in [2.45, 2.75) is 92.5 Å². The van der Waals surface area contributed by atoms with Crippen LogP contribution in [0.1, 0.15) is 90.6 Å². The molecule has 0 bridgehead atoms. The van der Waals surface area contributed by atoms with Gasteiger partial charge in [-0.15, -0.1) is 0 Å². The maximum absolute atomic E-state index is 17.4. The number of nitrogens with one attached hydrogen (secondary N) is 1. The number of rotatable bonds is 8. The Morgan fingerprint density at radius 3 is 2.44 bits per heavy atom. The maximum atomic E-state index is 17.4. The summed E-state index contributed by atoms with van der Waals surface area (Å²) in [4.78, 5) is 13.8. The zero-order valence-corrected chi connectivity index (χ0v) is 33.6. The molecule has 7 rings (SSSR count). The number of anilines is 1. The number of fused-ring (bicyclic) bond motifs is 2. The largest absolute Gasteiger partial charge is 0.508 e. The average Bonchev–Trinajstić information content (AvgIpc) is 3.89. The van der Waals surface area contributed by atoms with Gasteiger partial charge in [0.1, 0.15) is 28.7 Å². The number of β-amino-alcohol motifs (C(OH)–C–C–N with tert-alkyl or cyclic N) is 1.